The van der Waals surface area contributed by atoms with E-state index < -0.39 is 28.5 Å². The summed E-state index contributed by atoms with van der Waals surface area (Å²) in [4.78, 5) is 29.0. The number of sulfonamides is 1. The van der Waals surface area contributed by atoms with Gasteiger partial charge in [-0.2, -0.15) is 0 Å². The molecule has 0 heterocycles. The lowest BCUT2D eigenvalue weighted by atomic mass is 9.95. The van der Waals surface area contributed by atoms with Crippen LogP contribution < -0.4 is 14.4 Å². The Hall–Kier alpha value is -3.85. The molecule has 4 rings (SSSR count). The average Bonchev–Trinajstić information content (AvgIpc) is 3.00. The Bertz CT molecular complexity index is 1400. The molecule has 1 fully saturated rings. The summed E-state index contributed by atoms with van der Waals surface area (Å²) in [7, 11) is -2.50. The SMILES string of the molecule is COc1ccc(CN(C(=O)CN(c2ccc(C)cc2)S(=O)(=O)c2ccccc2)[C@H](C)C(=O)NC2CCCCC2)cc1. The highest BCUT2D eigenvalue weighted by atomic mass is 32.2. The maximum Gasteiger partial charge on any atom is 0.264 e. The van der Waals surface area contributed by atoms with Crippen molar-refractivity contribution in [2.75, 3.05) is 18.0 Å². The minimum absolute atomic E-state index is 0.0816. The maximum atomic E-state index is 14.1. The fourth-order valence-corrected chi connectivity index (χ4v) is 6.47. The quantitative estimate of drug-likeness (QED) is 0.344. The Morgan fingerprint density at radius 1 is 0.927 bits per heavy atom. The Labute approximate surface area is 243 Å². The molecule has 3 aromatic rings. The predicted molar refractivity (Wildman–Crippen MR) is 160 cm³/mol. The van der Waals surface area contributed by atoms with E-state index in [1.54, 1.807) is 56.5 Å². The molecule has 0 radical (unpaired) electrons. The zero-order chi connectivity index (χ0) is 29.4. The van der Waals surface area contributed by atoms with Crippen molar-refractivity contribution in [1.82, 2.24) is 10.2 Å². The van der Waals surface area contributed by atoms with E-state index in [4.69, 9.17) is 4.74 Å². The number of ether oxygens (including phenoxy) is 1. The maximum absolute atomic E-state index is 14.1. The molecule has 0 unspecified atom stereocenters. The molecule has 0 bridgehead atoms. The molecule has 0 saturated heterocycles. The molecule has 41 heavy (non-hydrogen) atoms. The lowest BCUT2D eigenvalue weighted by Crippen LogP contribution is -2.53. The number of methoxy groups -OCH3 is 1. The number of hydrogen-bond donors (Lipinski definition) is 1. The van der Waals surface area contributed by atoms with Crippen LogP contribution in [0.1, 0.15) is 50.2 Å². The van der Waals surface area contributed by atoms with Gasteiger partial charge < -0.3 is 15.0 Å². The summed E-state index contributed by atoms with van der Waals surface area (Å²) in [6.07, 6.45) is 5.13. The Kier molecular flexibility index (Phi) is 10.0. The zero-order valence-corrected chi connectivity index (χ0v) is 24.8. The normalized spacial score (nSPS) is 14.6. The molecular formula is C32H39N3O5S. The highest BCUT2D eigenvalue weighted by Gasteiger charge is 2.33. The molecule has 8 nitrogen and oxygen atoms in total. The van der Waals surface area contributed by atoms with Gasteiger partial charge in [0.1, 0.15) is 18.3 Å². The topological polar surface area (TPSA) is 96.0 Å². The summed E-state index contributed by atoms with van der Waals surface area (Å²) in [6.45, 7) is 3.28. The van der Waals surface area contributed by atoms with Gasteiger partial charge in [-0.15, -0.1) is 0 Å². The van der Waals surface area contributed by atoms with Crippen LogP contribution in [0.3, 0.4) is 0 Å². The molecule has 2 amide bonds. The van der Waals surface area contributed by atoms with E-state index >= 15 is 0 Å². The fourth-order valence-electron chi connectivity index (χ4n) is 5.04. The monoisotopic (exact) mass is 577 g/mol. The number of nitrogens with one attached hydrogen (secondary N) is 1. The van der Waals surface area contributed by atoms with E-state index in [0.717, 1.165) is 47.5 Å². The zero-order valence-electron chi connectivity index (χ0n) is 24.0. The second kappa shape index (κ2) is 13.7. The van der Waals surface area contributed by atoms with Crippen molar-refractivity contribution in [3.8, 4) is 5.75 Å². The summed E-state index contributed by atoms with van der Waals surface area (Å²) in [6, 6.07) is 21.6. The molecule has 1 saturated carbocycles. The van der Waals surface area contributed by atoms with Crippen LogP contribution >= 0.6 is 0 Å². The van der Waals surface area contributed by atoms with Gasteiger partial charge >= 0.3 is 0 Å². The summed E-state index contributed by atoms with van der Waals surface area (Å²) in [5.74, 6) is -0.0482. The van der Waals surface area contributed by atoms with E-state index in [0.29, 0.717) is 11.4 Å². The van der Waals surface area contributed by atoms with Crippen molar-refractivity contribution in [2.45, 2.75) is 69.5 Å². The molecule has 1 atom stereocenters. The summed E-state index contributed by atoms with van der Waals surface area (Å²) in [5.41, 5.74) is 2.13. The number of hydrogen-bond acceptors (Lipinski definition) is 5. The van der Waals surface area contributed by atoms with E-state index in [-0.39, 0.29) is 23.4 Å². The molecule has 9 heteroatoms. The van der Waals surface area contributed by atoms with Crippen molar-refractivity contribution in [1.29, 1.82) is 0 Å². The Morgan fingerprint density at radius 2 is 1.56 bits per heavy atom. The van der Waals surface area contributed by atoms with Gasteiger partial charge in [-0.1, -0.05) is 67.3 Å². The number of benzene rings is 3. The first-order chi connectivity index (χ1) is 19.7. The largest absolute Gasteiger partial charge is 0.497 e. The summed E-state index contributed by atoms with van der Waals surface area (Å²) >= 11 is 0. The third kappa shape index (κ3) is 7.67. The Morgan fingerprint density at radius 3 is 2.17 bits per heavy atom. The number of amides is 2. The van der Waals surface area contributed by atoms with Crippen LogP contribution in [0.15, 0.2) is 83.8 Å². The third-order valence-electron chi connectivity index (χ3n) is 7.56. The van der Waals surface area contributed by atoms with Crippen molar-refractivity contribution in [2.24, 2.45) is 0 Å². The smallest absolute Gasteiger partial charge is 0.264 e. The minimum Gasteiger partial charge on any atom is -0.497 e. The lowest BCUT2D eigenvalue weighted by Gasteiger charge is -2.33. The Balaban J connectivity index is 1.65. The van der Waals surface area contributed by atoms with Crippen LogP contribution in [-0.4, -0.2) is 50.9 Å². The van der Waals surface area contributed by atoms with E-state index in [1.165, 1.54) is 17.0 Å². The van der Waals surface area contributed by atoms with Gasteiger partial charge in [0, 0.05) is 12.6 Å². The van der Waals surface area contributed by atoms with Gasteiger partial charge in [0.15, 0.2) is 0 Å². The van der Waals surface area contributed by atoms with Gasteiger partial charge in [-0.05, 0) is 68.7 Å². The van der Waals surface area contributed by atoms with Gasteiger partial charge in [0.25, 0.3) is 10.0 Å². The van der Waals surface area contributed by atoms with E-state index in [1.807, 2.05) is 31.2 Å². The van der Waals surface area contributed by atoms with Gasteiger partial charge in [-0.25, -0.2) is 8.42 Å². The van der Waals surface area contributed by atoms with E-state index in [2.05, 4.69) is 5.32 Å². The summed E-state index contributed by atoms with van der Waals surface area (Å²) in [5, 5.41) is 3.12. The van der Waals surface area contributed by atoms with Gasteiger partial charge in [0.2, 0.25) is 11.8 Å². The molecule has 218 valence electrons. The van der Waals surface area contributed by atoms with Crippen LogP contribution in [0.4, 0.5) is 5.69 Å². The molecular weight excluding hydrogens is 538 g/mol. The number of aryl methyl sites for hydroxylation is 1. The number of nitrogens with zero attached hydrogens (tertiary/aromatic N) is 2. The molecule has 1 aliphatic carbocycles. The van der Waals surface area contributed by atoms with Crippen LogP contribution in [0.2, 0.25) is 0 Å². The first-order valence-electron chi connectivity index (χ1n) is 14.1. The van der Waals surface area contributed by atoms with Gasteiger partial charge in [-0.3, -0.25) is 13.9 Å². The molecule has 3 aromatic carbocycles. The number of carbonyl (C=O) groups excluding carboxylic acids is 2. The molecule has 0 spiro atoms. The number of anilines is 1. The fraction of sp³-hybridized carbons (Fsp3) is 0.375. The number of carbonyl (C=O) groups is 2. The van der Waals surface area contributed by atoms with Crippen LogP contribution in [-0.2, 0) is 26.2 Å². The highest BCUT2D eigenvalue weighted by molar-refractivity contribution is 7.92. The van der Waals surface area contributed by atoms with Crippen molar-refractivity contribution < 1.29 is 22.7 Å². The van der Waals surface area contributed by atoms with Crippen molar-refractivity contribution in [3.05, 3.63) is 90.0 Å². The number of rotatable bonds is 11. The van der Waals surface area contributed by atoms with Crippen LogP contribution in [0, 0.1) is 6.92 Å². The first kappa shape index (κ1) is 30.1. The average molecular weight is 578 g/mol. The predicted octanol–water partition coefficient (Wildman–Crippen LogP) is 5.07. The van der Waals surface area contributed by atoms with E-state index in [9.17, 15) is 18.0 Å². The van der Waals surface area contributed by atoms with Crippen LogP contribution in [0.5, 0.6) is 5.75 Å². The second-order valence-electron chi connectivity index (χ2n) is 10.5. The molecule has 0 aliphatic heterocycles. The first-order valence-corrected chi connectivity index (χ1v) is 15.5. The highest BCUT2D eigenvalue weighted by Crippen LogP contribution is 2.25. The lowest BCUT2D eigenvalue weighted by molar-refractivity contribution is -0.139. The third-order valence-corrected chi connectivity index (χ3v) is 9.35. The minimum atomic E-state index is -4.08. The van der Waals surface area contributed by atoms with Gasteiger partial charge in [0.05, 0.1) is 17.7 Å². The molecule has 1 N–H and O–H groups in total. The standard InChI is InChI=1S/C32H39N3O5S/c1-24-14-18-28(19-15-24)35(41(38,39)30-12-8-5-9-13-30)23-31(36)34(22-26-16-20-29(40-3)21-17-26)25(2)32(37)33-27-10-6-4-7-11-27/h5,8-9,12-21,25,27H,4,6-7,10-11,22-23H2,1-3H3,(H,33,37)/t25-/m1/s1. The van der Waals surface area contributed by atoms with Crippen molar-refractivity contribution in [3.63, 3.8) is 0 Å². The molecule has 0 aromatic heterocycles. The van der Waals surface area contributed by atoms with Crippen LogP contribution in [0.25, 0.3) is 0 Å². The second-order valence-corrected chi connectivity index (χ2v) is 12.4. The molecule has 1 aliphatic rings. The summed E-state index contributed by atoms with van der Waals surface area (Å²) < 4.78 is 34.1. The van der Waals surface area contributed by atoms with Crippen molar-refractivity contribution >= 4 is 27.5 Å².